The van der Waals surface area contributed by atoms with Gasteiger partial charge in [0.1, 0.15) is 5.82 Å². The highest BCUT2D eigenvalue weighted by Crippen LogP contribution is 2.17. The molecule has 3 heterocycles. The molecule has 2 atom stereocenters. The third kappa shape index (κ3) is 3.89. The fraction of sp³-hybridized carbons (Fsp3) is 0.824. The van der Waals surface area contributed by atoms with Gasteiger partial charge >= 0.3 is 0 Å². The fourth-order valence-corrected chi connectivity index (χ4v) is 3.67. The van der Waals surface area contributed by atoms with E-state index in [1.165, 1.54) is 25.1 Å². The molecule has 1 aromatic heterocycles. The first-order chi connectivity index (χ1) is 10.8. The molecule has 3 rings (SSSR count). The summed E-state index contributed by atoms with van der Waals surface area (Å²) in [5.41, 5.74) is 0. The normalized spacial score (nSPS) is 28.1. The van der Waals surface area contributed by atoms with Crippen LogP contribution in [0.2, 0.25) is 0 Å². The van der Waals surface area contributed by atoms with Crippen LogP contribution in [0.3, 0.4) is 0 Å². The van der Waals surface area contributed by atoms with Crippen molar-refractivity contribution in [2.45, 2.75) is 58.3 Å². The minimum absolute atomic E-state index is 0.464. The Kier molecular flexibility index (Phi) is 5.50. The number of imidazole rings is 1. The number of piperazine rings is 1. The Morgan fingerprint density at radius 1 is 1.32 bits per heavy atom. The second-order valence-electron chi connectivity index (χ2n) is 6.70. The first kappa shape index (κ1) is 16.0. The smallest absolute Gasteiger partial charge is 0.122 e. The summed E-state index contributed by atoms with van der Waals surface area (Å²) in [6.45, 7) is 12.0. The molecule has 5 heteroatoms. The lowest BCUT2D eigenvalue weighted by Gasteiger charge is -2.41. The van der Waals surface area contributed by atoms with E-state index >= 15 is 0 Å². The lowest BCUT2D eigenvalue weighted by Crippen LogP contribution is -2.53. The maximum Gasteiger partial charge on any atom is 0.122 e. The van der Waals surface area contributed by atoms with Gasteiger partial charge in [-0.2, -0.15) is 0 Å². The van der Waals surface area contributed by atoms with Crippen molar-refractivity contribution < 1.29 is 4.74 Å². The SMILES string of the molecule is CCn1ccnc1CN1CCN(C[C@@H]2CCCCO2)C[C@H]1C. The Balaban J connectivity index is 1.49. The number of hydrogen-bond acceptors (Lipinski definition) is 4. The minimum atomic E-state index is 0.464. The molecule has 0 amide bonds. The van der Waals surface area contributed by atoms with Crippen LogP contribution >= 0.6 is 0 Å². The first-order valence-electron chi connectivity index (χ1n) is 8.84. The van der Waals surface area contributed by atoms with Gasteiger partial charge in [0, 0.05) is 57.8 Å². The van der Waals surface area contributed by atoms with Crippen molar-refractivity contribution in [2.75, 3.05) is 32.8 Å². The summed E-state index contributed by atoms with van der Waals surface area (Å²) < 4.78 is 8.13. The molecule has 0 unspecified atom stereocenters. The first-order valence-corrected chi connectivity index (χ1v) is 8.84. The van der Waals surface area contributed by atoms with Gasteiger partial charge in [-0.15, -0.1) is 0 Å². The van der Waals surface area contributed by atoms with Gasteiger partial charge < -0.3 is 9.30 Å². The predicted octanol–water partition coefficient (Wildman–Crippen LogP) is 1.98. The molecule has 2 aliphatic rings. The van der Waals surface area contributed by atoms with Crippen LogP contribution in [0.1, 0.15) is 38.9 Å². The van der Waals surface area contributed by atoms with Crippen molar-refractivity contribution >= 4 is 0 Å². The zero-order valence-corrected chi connectivity index (χ0v) is 14.1. The number of hydrogen-bond donors (Lipinski definition) is 0. The molecule has 22 heavy (non-hydrogen) atoms. The van der Waals surface area contributed by atoms with Crippen LogP contribution in [0, 0.1) is 0 Å². The van der Waals surface area contributed by atoms with Gasteiger partial charge in [-0.25, -0.2) is 4.98 Å². The molecule has 0 radical (unpaired) electrons. The molecule has 2 saturated heterocycles. The molecule has 0 saturated carbocycles. The number of nitrogens with zero attached hydrogens (tertiary/aromatic N) is 4. The Morgan fingerprint density at radius 3 is 2.95 bits per heavy atom. The third-order valence-electron chi connectivity index (χ3n) is 5.07. The number of aromatic nitrogens is 2. The molecule has 0 bridgehead atoms. The maximum absolute atomic E-state index is 5.89. The Bertz CT molecular complexity index is 455. The third-order valence-corrected chi connectivity index (χ3v) is 5.07. The summed E-state index contributed by atoms with van der Waals surface area (Å²) in [7, 11) is 0. The van der Waals surface area contributed by atoms with Crippen molar-refractivity contribution in [1.29, 1.82) is 0 Å². The van der Waals surface area contributed by atoms with Crippen molar-refractivity contribution in [3.8, 4) is 0 Å². The van der Waals surface area contributed by atoms with E-state index in [-0.39, 0.29) is 0 Å². The van der Waals surface area contributed by atoms with Gasteiger partial charge in [-0.05, 0) is 33.1 Å². The van der Waals surface area contributed by atoms with Crippen molar-refractivity contribution in [3.05, 3.63) is 18.2 Å². The Labute approximate surface area is 134 Å². The number of rotatable bonds is 5. The zero-order valence-electron chi connectivity index (χ0n) is 14.1. The summed E-state index contributed by atoms with van der Waals surface area (Å²) in [6.07, 6.45) is 8.27. The standard InChI is InChI=1S/C17H30N4O/c1-3-20-8-7-18-17(20)14-21-10-9-19(12-15(21)2)13-16-6-4-5-11-22-16/h7-8,15-16H,3-6,9-14H2,1-2H3/t15-,16+/m1/s1. The number of aryl methyl sites for hydroxylation is 1. The highest BCUT2D eigenvalue weighted by molar-refractivity contribution is 4.94. The monoisotopic (exact) mass is 306 g/mol. The Morgan fingerprint density at radius 2 is 2.23 bits per heavy atom. The average Bonchev–Trinajstić information content (AvgIpc) is 2.98. The topological polar surface area (TPSA) is 33.5 Å². The van der Waals surface area contributed by atoms with Crippen molar-refractivity contribution in [2.24, 2.45) is 0 Å². The average molecular weight is 306 g/mol. The molecule has 5 nitrogen and oxygen atoms in total. The molecule has 0 aliphatic carbocycles. The van der Waals surface area contributed by atoms with E-state index in [0.29, 0.717) is 12.1 Å². The second kappa shape index (κ2) is 7.57. The van der Waals surface area contributed by atoms with Crippen LogP contribution < -0.4 is 0 Å². The summed E-state index contributed by atoms with van der Waals surface area (Å²) in [5, 5.41) is 0. The summed E-state index contributed by atoms with van der Waals surface area (Å²) in [5.74, 6) is 1.19. The van der Waals surface area contributed by atoms with E-state index in [4.69, 9.17) is 4.74 Å². The molecule has 2 aliphatic heterocycles. The number of ether oxygens (including phenoxy) is 1. The van der Waals surface area contributed by atoms with E-state index in [1.54, 1.807) is 0 Å². The van der Waals surface area contributed by atoms with Crippen molar-refractivity contribution in [3.63, 3.8) is 0 Å². The molecule has 0 aromatic carbocycles. The predicted molar refractivity (Wildman–Crippen MR) is 87.8 cm³/mol. The molecule has 0 N–H and O–H groups in total. The lowest BCUT2D eigenvalue weighted by molar-refractivity contribution is -0.0222. The van der Waals surface area contributed by atoms with Gasteiger partial charge in [-0.3, -0.25) is 9.80 Å². The van der Waals surface area contributed by atoms with Gasteiger partial charge in [0.25, 0.3) is 0 Å². The van der Waals surface area contributed by atoms with E-state index in [2.05, 4.69) is 39.4 Å². The maximum atomic E-state index is 5.89. The van der Waals surface area contributed by atoms with Crippen LogP contribution in [-0.4, -0.2) is 64.3 Å². The lowest BCUT2D eigenvalue weighted by atomic mass is 10.1. The summed E-state index contributed by atoms with van der Waals surface area (Å²) in [4.78, 5) is 9.66. The van der Waals surface area contributed by atoms with Crippen LogP contribution in [0.15, 0.2) is 12.4 Å². The summed E-state index contributed by atoms with van der Waals surface area (Å²) >= 11 is 0. The van der Waals surface area contributed by atoms with Gasteiger partial charge in [0.05, 0.1) is 12.6 Å². The van der Waals surface area contributed by atoms with E-state index in [9.17, 15) is 0 Å². The van der Waals surface area contributed by atoms with Crippen molar-refractivity contribution in [1.82, 2.24) is 19.4 Å². The minimum Gasteiger partial charge on any atom is -0.377 e. The van der Waals surface area contributed by atoms with E-state index < -0.39 is 0 Å². The van der Waals surface area contributed by atoms with Crippen LogP contribution in [0.4, 0.5) is 0 Å². The van der Waals surface area contributed by atoms with E-state index in [0.717, 1.165) is 45.9 Å². The van der Waals surface area contributed by atoms with Crippen LogP contribution in [0.25, 0.3) is 0 Å². The highest BCUT2D eigenvalue weighted by Gasteiger charge is 2.27. The highest BCUT2D eigenvalue weighted by atomic mass is 16.5. The van der Waals surface area contributed by atoms with E-state index in [1.807, 2.05) is 6.20 Å². The molecule has 0 spiro atoms. The van der Waals surface area contributed by atoms with Gasteiger partial charge in [0.2, 0.25) is 0 Å². The molecule has 2 fully saturated rings. The van der Waals surface area contributed by atoms with Gasteiger partial charge in [0.15, 0.2) is 0 Å². The van der Waals surface area contributed by atoms with Crippen LogP contribution in [-0.2, 0) is 17.8 Å². The Hall–Kier alpha value is -0.910. The molecule has 124 valence electrons. The van der Waals surface area contributed by atoms with Crippen LogP contribution in [0.5, 0.6) is 0 Å². The molecular formula is C17H30N4O. The largest absolute Gasteiger partial charge is 0.377 e. The quantitative estimate of drug-likeness (QED) is 0.833. The zero-order chi connectivity index (χ0) is 15.4. The molecular weight excluding hydrogens is 276 g/mol. The fourth-order valence-electron chi connectivity index (χ4n) is 3.67. The molecule has 1 aromatic rings. The second-order valence-corrected chi connectivity index (χ2v) is 6.70. The van der Waals surface area contributed by atoms with Gasteiger partial charge in [-0.1, -0.05) is 0 Å². The summed E-state index contributed by atoms with van der Waals surface area (Å²) in [6, 6.07) is 0.583.